The molecule has 1 aliphatic carbocycles. The third-order valence-electron chi connectivity index (χ3n) is 4.74. The lowest BCUT2D eigenvalue weighted by Gasteiger charge is -2.18. The van der Waals surface area contributed by atoms with Crippen molar-refractivity contribution in [1.82, 2.24) is 20.4 Å². The van der Waals surface area contributed by atoms with Gasteiger partial charge in [-0.05, 0) is 19.8 Å². The summed E-state index contributed by atoms with van der Waals surface area (Å²) in [5, 5.41) is 10.7. The Hall–Kier alpha value is -1.40. The topological polar surface area (TPSA) is 68.2 Å². The van der Waals surface area contributed by atoms with Gasteiger partial charge in [-0.2, -0.15) is 5.10 Å². The highest BCUT2D eigenvalue weighted by atomic mass is 16.5. The van der Waals surface area contributed by atoms with Crippen LogP contribution >= 0.6 is 0 Å². The summed E-state index contributed by atoms with van der Waals surface area (Å²) in [5.41, 5.74) is 1.66. The van der Waals surface area contributed by atoms with Gasteiger partial charge < -0.3 is 15.4 Å². The fourth-order valence-electron chi connectivity index (χ4n) is 3.46. The summed E-state index contributed by atoms with van der Waals surface area (Å²) in [6.07, 6.45) is 6.60. The molecule has 6 nitrogen and oxygen atoms in total. The second-order valence-electron chi connectivity index (χ2n) is 6.04. The molecule has 1 saturated heterocycles. The first-order chi connectivity index (χ1) is 10.2. The number of carbonyl (C=O) groups is 1. The Labute approximate surface area is 125 Å². The molecule has 1 unspecified atom stereocenters. The molecule has 2 heterocycles. The first-order valence-electron chi connectivity index (χ1n) is 7.79. The lowest BCUT2D eigenvalue weighted by molar-refractivity contribution is 0.0779. The highest BCUT2D eigenvalue weighted by Gasteiger charge is 2.30. The Kier molecular flexibility index (Phi) is 4.26. The molecule has 1 aromatic heterocycles. The van der Waals surface area contributed by atoms with Gasteiger partial charge in [-0.15, -0.1) is 0 Å². The zero-order chi connectivity index (χ0) is 14.8. The van der Waals surface area contributed by atoms with Crippen LogP contribution in [0.1, 0.15) is 47.8 Å². The second kappa shape index (κ2) is 6.15. The lowest BCUT2D eigenvalue weighted by Crippen LogP contribution is -2.43. The number of hydrogen-bond donors (Lipinski definition) is 2. The van der Waals surface area contributed by atoms with Crippen LogP contribution in [-0.2, 0) is 4.74 Å². The maximum Gasteiger partial charge on any atom is 0.255 e. The molecule has 0 spiro atoms. The number of hydrogen-bond acceptors (Lipinski definition) is 4. The van der Waals surface area contributed by atoms with Crippen LogP contribution in [0.5, 0.6) is 0 Å². The summed E-state index contributed by atoms with van der Waals surface area (Å²) < 4.78 is 7.41. The largest absolute Gasteiger partial charge is 0.378 e. The van der Waals surface area contributed by atoms with E-state index in [1.165, 1.54) is 25.7 Å². The van der Waals surface area contributed by atoms with Gasteiger partial charge in [0.2, 0.25) is 0 Å². The van der Waals surface area contributed by atoms with Crippen molar-refractivity contribution in [2.45, 2.75) is 50.8 Å². The van der Waals surface area contributed by atoms with Gasteiger partial charge in [-0.25, -0.2) is 0 Å². The normalized spacial score (nSPS) is 26.4. The molecule has 2 fully saturated rings. The second-order valence-corrected chi connectivity index (χ2v) is 6.04. The average Bonchev–Trinajstić information content (AvgIpc) is 3.18. The van der Waals surface area contributed by atoms with Gasteiger partial charge in [-0.1, -0.05) is 12.8 Å². The van der Waals surface area contributed by atoms with E-state index in [0.717, 1.165) is 18.8 Å². The molecule has 2 aliphatic rings. The summed E-state index contributed by atoms with van der Waals surface area (Å²) in [6, 6.07) is 0.489. The predicted octanol–water partition coefficient (Wildman–Crippen LogP) is 1.02. The van der Waals surface area contributed by atoms with Crippen LogP contribution in [0, 0.1) is 6.92 Å². The van der Waals surface area contributed by atoms with Crippen LogP contribution in [0.2, 0.25) is 0 Å². The van der Waals surface area contributed by atoms with E-state index in [1.807, 2.05) is 11.6 Å². The third-order valence-corrected chi connectivity index (χ3v) is 4.74. The van der Waals surface area contributed by atoms with E-state index in [0.29, 0.717) is 11.6 Å². The number of aromatic nitrogens is 2. The number of amides is 1. The molecule has 1 aromatic rings. The zero-order valence-corrected chi connectivity index (χ0v) is 12.8. The molecule has 2 atom stereocenters. The minimum absolute atomic E-state index is 0.0248. The van der Waals surface area contributed by atoms with Crippen molar-refractivity contribution in [3.8, 4) is 0 Å². The Morgan fingerprint density at radius 3 is 2.90 bits per heavy atom. The molecule has 0 bridgehead atoms. The Morgan fingerprint density at radius 1 is 1.43 bits per heavy atom. The average molecular weight is 292 g/mol. The summed E-state index contributed by atoms with van der Waals surface area (Å²) in [4.78, 5) is 12.5. The molecule has 0 aromatic carbocycles. The van der Waals surface area contributed by atoms with Gasteiger partial charge in [-0.3, -0.25) is 9.48 Å². The quantitative estimate of drug-likeness (QED) is 0.869. The van der Waals surface area contributed by atoms with E-state index in [1.54, 1.807) is 13.3 Å². The fourth-order valence-corrected chi connectivity index (χ4v) is 3.46. The molecule has 1 amide bonds. The predicted molar refractivity (Wildman–Crippen MR) is 79.4 cm³/mol. The van der Waals surface area contributed by atoms with Crippen LogP contribution in [0.25, 0.3) is 0 Å². The van der Waals surface area contributed by atoms with Gasteiger partial charge in [0.15, 0.2) is 0 Å². The maximum absolute atomic E-state index is 12.5. The van der Waals surface area contributed by atoms with E-state index in [9.17, 15) is 4.79 Å². The SMILES string of the molecule is CO[C@H]1CNCC1NC(=O)c1cnn(C2CCCC2)c1C. The van der Waals surface area contributed by atoms with Crippen molar-refractivity contribution in [2.24, 2.45) is 0 Å². The first kappa shape index (κ1) is 14.5. The van der Waals surface area contributed by atoms with Crippen LogP contribution in [0.15, 0.2) is 6.20 Å². The molecule has 21 heavy (non-hydrogen) atoms. The van der Waals surface area contributed by atoms with Crippen molar-refractivity contribution in [1.29, 1.82) is 0 Å². The number of rotatable bonds is 4. The molecule has 1 saturated carbocycles. The fraction of sp³-hybridized carbons (Fsp3) is 0.733. The molecular weight excluding hydrogens is 268 g/mol. The van der Waals surface area contributed by atoms with Crippen LogP contribution in [-0.4, -0.2) is 48.0 Å². The summed E-state index contributed by atoms with van der Waals surface area (Å²) in [6.45, 7) is 3.52. The molecule has 116 valence electrons. The van der Waals surface area contributed by atoms with Crippen LogP contribution in [0.3, 0.4) is 0 Å². The number of carbonyl (C=O) groups excluding carboxylic acids is 1. The summed E-state index contributed by atoms with van der Waals surface area (Å²) in [5.74, 6) is -0.0486. The van der Waals surface area contributed by atoms with Crippen molar-refractivity contribution in [3.63, 3.8) is 0 Å². The summed E-state index contributed by atoms with van der Waals surface area (Å²) >= 11 is 0. The Bertz CT molecular complexity index is 508. The molecule has 1 aliphatic heterocycles. The maximum atomic E-state index is 12.5. The zero-order valence-electron chi connectivity index (χ0n) is 12.8. The highest BCUT2D eigenvalue weighted by Crippen LogP contribution is 2.30. The Balaban J connectivity index is 1.70. The van der Waals surface area contributed by atoms with Crippen LogP contribution < -0.4 is 10.6 Å². The smallest absolute Gasteiger partial charge is 0.255 e. The Morgan fingerprint density at radius 2 is 2.19 bits per heavy atom. The minimum Gasteiger partial charge on any atom is -0.378 e. The minimum atomic E-state index is -0.0486. The van der Waals surface area contributed by atoms with Gasteiger partial charge in [0.25, 0.3) is 5.91 Å². The van der Waals surface area contributed by atoms with Crippen molar-refractivity contribution in [3.05, 3.63) is 17.5 Å². The number of nitrogens with one attached hydrogen (secondary N) is 2. The van der Waals surface area contributed by atoms with Gasteiger partial charge >= 0.3 is 0 Å². The monoisotopic (exact) mass is 292 g/mol. The highest BCUT2D eigenvalue weighted by molar-refractivity contribution is 5.95. The summed E-state index contributed by atoms with van der Waals surface area (Å²) in [7, 11) is 1.68. The third kappa shape index (κ3) is 2.82. The number of nitrogens with zero attached hydrogens (tertiary/aromatic N) is 2. The first-order valence-corrected chi connectivity index (χ1v) is 7.79. The van der Waals surface area contributed by atoms with E-state index < -0.39 is 0 Å². The number of methoxy groups -OCH3 is 1. The van der Waals surface area contributed by atoms with E-state index in [4.69, 9.17) is 4.74 Å². The molecule has 0 radical (unpaired) electrons. The van der Waals surface area contributed by atoms with E-state index in [-0.39, 0.29) is 18.1 Å². The van der Waals surface area contributed by atoms with Crippen molar-refractivity contribution in [2.75, 3.05) is 20.2 Å². The molecule has 3 rings (SSSR count). The van der Waals surface area contributed by atoms with Crippen LogP contribution in [0.4, 0.5) is 0 Å². The molecule has 2 N–H and O–H groups in total. The van der Waals surface area contributed by atoms with E-state index in [2.05, 4.69) is 15.7 Å². The van der Waals surface area contributed by atoms with E-state index >= 15 is 0 Å². The van der Waals surface area contributed by atoms with Gasteiger partial charge in [0.05, 0.1) is 29.9 Å². The van der Waals surface area contributed by atoms with Crippen molar-refractivity contribution < 1.29 is 9.53 Å². The number of ether oxygens (including phenoxy) is 1. The van der Waals surface area contributed by atoms with Gasteiger partial charge in [0, 0.05) is 25.9 Å². The van der Waals surface area contributed by atoms with Gasteiger partial charge in [0.1, 0.15) is 0 Å². The van der Waals surface area contributed by atoms with Crippen molar-refractivity contribution >= 4 is 5.91 Å². The lowest BCUT2D eigenvalue weighted by atomic mass is 10.1. The molecule has 6 heteroatoms. The standard InChI is InChI=1S/C15H24N4O2/c1-10-12(7-17-19(10)11-5-3-4-6-11)15(20)18-13-8-16-9-14(13)21-2/h7,11,13-14,16H,3-6,8-9H2,1-2H3,(H,18,20)/t13?,14-/m0/s1. The molecular formula is C15H24N4O2.